The summed E-state index contributed by atoms with van der Waals surface area (Å²) in [5.74, 6) is 2.22. The molecule has 1 heteroatoms. The van der Waals surface area contributed by atoms with Gasteiger partial charge < -0.3 is 5.11 Å². The molecule has 0 aromatic carbocycles. The average molecular weight is 128 g/mol. The van der Waals surface area contributed by atoms with Crippen molar-refractivity contribution in [1.29, 1.82) is 0 Å². The van der Waals surface area contributed by atoms with E-state index in [0.29, 0.717) is 12.5 Å². The van der Waals surface area contributed by atoms with Crippen LogP contribution in [0.2, 0.25) is 0 Å². The first-order chi connectivity index (χ1) is 4.25. The molecule has 0 unspecified atom stereocenters. The quantitative estimate of drug-likeness (QED) is 0.599. The molecule has 0 heterocycles. The molecule has 9 heavy (non-hydrogen) atoms. The molecule has 0 radical (unpaired) electrons. The fraction of sp³-hybridized carbons (Fsp3) is 1.00. The van der Waals surface area contributed by atoms with Crippen LogP contribution < -0.4 is 0 Å². The molecular weight excluding hydrogens is 112 g/mol. The summed E-state index contributed by atoms with van der Waals surface area (Å²) in [6, 6.07) is 0. The molecule has 0 bridgehead atoms. The predicted molar refractivity (Wildman–Crippen MR) is 38.1 cm³/mol. The van der Waals surface area contributed by atoms with Crippen molar-refractivity contribution in [2.45, 2.75) is 26.7 Å². The maximum Gasteiger partial charge on any atom is 0.0462 e. The van der Waals surface area contributed by atoms with Crippen molar-refractivity contribution in [3.05, 3.63) is 0 Å². The van der Waals surface area contributed by atoms with Crippen LogP contribution in [0, 0.1) is 17.8 Å². The van der Waals surface area contributed by atoms with Crippen molar-refractivity contribution >= 4 is 0 Å². The predicted octanol–water partition coefficient (Wildman–Crippen LogP) is 1.66. The van der Waals surface area contributed by atoms with Gasteiger partial charge in [0.2, 0.25) is 0 Å². The Balaban J connectivity index is 2.27. The number of hydrogen-bond donors (Lipinski definition) is 1. The molecule has 1 saturated carbocycles. The zero-order valence-corrected chi connectivity index (χ0v) is 6.30. The zero-order chi connectivity index (χ0) is 6.85. The first-order valence-corrected chi connectivity index (χ1v) is 3.86. The highest BCUT2D eigenvalue weighted by molar-refractivity contribution is 4.81. The fourth-order valence-corrected chi connectivity index (χ4v) is 1.70. The smallest absolute Gasteiger partial charge is 0.0462 e. The van der Waals surface area contributed by atoms with E-state index in [9.17, 15) is 0 Å². The monoisotopic (exact) mass is 128 g/mol. The molecule has 0 amide bonds. The summed E-state index contributed by atoms with van der Waals surface area (Å²) in [4.78, 5) is 0. The summed E-state index contributed by atoms with van der Waals surface area (Å²) in [5, 5.41) is 8.81. The Morgan fingerprint density at radius 2 is 2.11 bits per heavy atom. The Bertz CT molecular complexity index is 86.6. The van der Waals surface area contributed by atoms with Gasteiger partial charge in [-0.15, -0.1) is 0 Å². The highest BCUT2D eigenvalue weighted by Crippen LogP contribution is 2.38. The lowest BCUT2D eigenvalue weighted by atomic mass is 9.68. The normalized spacial score (nSPS) is 34.7. The Hall–Kier alpha value is -0.0400. The third kappa shape index (κ3) is 1.26. The second-order valence-electron chi connectivity index (χ2n) is 3.43. The SMILES string of the molecule is CC(C)[C@H]1CC[C@@H]1CO. The van der Waals surface area contributed by atoms with Crippen molar-refractivity contribution in [1.82, 2.24) is 0 Å². The van der Waals surface area contributed by atoms with E-state index in [4.69, 9.17) is 5.11 Å². The van der Waals surface area contributed by atoms with Gasteiger partial charge in [-0.2, -0.15) is 0 Å². The van der Waals surface area contributed by atoms with Crippen LogP contribution in [0.25, 0.3) is 0 Å². The van der Waals surface area contributed by atoms with Crippen LogP contribution in [0.1, 0.15) is 26.7 Å². The topological polar surface area (TPSA) is 20.2 Å². The van der Waals surface area contributed by atoms with E-state index >= 15 is 0 Å². The van der Waals surface area contributed by atoms with Gasteiger partial charge in [-0.3, -0.25) is 0 Å². The highest BCUT2D eigenvalue weighted by atomic mass is 16.3. The molecule has 1 nitrogen and oxygen atoms in total. The van der Waals surface area contributed by atoms with Crippen molar-refractivity contribution in [2.24, 2.45) is 17.8 Å². The second kappa shape index (κ2) is 2.70. The van der Waals surface area contributed by atoms with Crippen molar-refractivity contribution in [3.8, 4) is 0 Å². The molecule has 54 valence electrons. The van der Waals surface area contributed by atoms with Crippen LogP contribution in [-0.4, -0.2) is 11.7 Å². The summed E-state index contributed by atoms with van der Waals surface area (Å²) in [7, 11) is 0. The Morgan fingerprint density at radius 1 is 1.44 bits per heavy atom. The Morgan fingerprint density at radius 3 is 2.22 bits per heavy atom. The van der Waals surface area contributed by atoms with Gasteiger partial charge in [0.15, 0.2) is 0 Å². The van der Waals surface area contributed by atoms with E-state index in [-0.39, 0.29) is 0 Å². The summed E-state index contributed by atoms with van der Waals surface area (Å²) in [5.41, 5.74) is 0. The molecule has 1 aliphatic rings. The van der Waals surface area contributed by atoms with E-state index in [1.807, 2.05) is 0 Å². The summed E-state index contributed by atoms with van der Waals surface area (Å²) in [6.07, 6.45) is 2.59. The third-order valence-electron chi connectivity index (χ3n) is 2.57. The summed E-state index contributed by atoms with van der Waals surface area (Å²) in [6.45, 7) is 4.89. The molecule has 0 spiro atoms. The minimum atomic E-state index is 0.406. The van der Waals surface area contributed by atoms with E-state index < -0.39 is 0 Å². The molecule has 1 N–H and O–H groups in total. The number of aliphatic hydroxyl groups excluding tert-OH is 1. The number of hydrogen-bond acceptors (Lipinski definition) is 1. The molecule has 0 aliphatic heterocycles. The highest BCUT2D eigenvalue weighted by Gasteiger charge is 2.31. The van der Waals surface area contributed by atoms with Crippen LogP contribution in [-0.2, 0) is 0 Å². The molecular formula is C8H16O. The first-order valence-electron chi connectivity index (χ1n) is 3.86. The van der Waals surface area contributed by atoms with Crippen molar-refractivity contribution in [3.63, 3.8) is 0 Å². The molecule has 1 aliphatic carbocycles. The van der Waals surface area contributed by atoms with E-state index in [1.54, 1.807) is 0 Å². The number of aliphatic hydroxyl groups is 1. The lowest BCUT2D eigenvalue weighted by Crippen LogP contribution is -2.32. The van der Waals surface area contributed by atoms with Gasteiger partial charge in [0.1, 0.15) is 0 Å². The zero-order valence-electron chi connectivity index (χ0n) is 6.30. The second-order valence-corrected chi connectivity index (χ2v) is 3.43. The maximum absolute atomic E-state index is 8.81. The van der Waals surface area contributed by atoms with Gasteiger partial charge in [0.05, 0.1) is 0 Å². The largest absolute Gasteiger partial charge is 0.396 e. The van der Waals surface area contributed by atoms with Crippen LogP contribution in [0.15, 0.2) is 0 Å². The van der Waals surface area contributed by atoms with E-state index in [0.717, 1.165) is 11.8 Å². The minimum Gasteiger partial charge on any atom is -0.396 e. The van der Waals surface area contributed by atoms with Gasteiger partial charge in [-0.25, -0.2) is 0 Å². The fourth-order valence-electron chi connectivity index (χ4n) is 1.70. The lowest BCUT2D eigenvalue weighted by molar-refractivity contribution is 0.0597. The van der Waals surface area contributed by atoms with Crippen LogP contribution in [0.4, 0.5) is 0 Å². The first kappa shape index (κ1) is 7.07. The van der Waals surface area contributed by atoms with Crippen LogP contribution in [0.3, 0.4) is 0 Å². The molecule has 0 saturated heterocycles. The van der Waals surface area contributed by atoms with E-state index in [1.165, 1.54) is 12.8 Å². The van der Waals surface area contributed by atoms with E-state index in [2.05, 4.69) is 13.8 Å². The third-order valence-corrected chi connectivity index (χ3v) is 2.57. The standard InChI is InChI=1S/C8H16O/c1-6(2)8-4-3-7(8)5-9/h6-9H,3-5H2,1-2H3/t7-,8-/m1/s1. The molecule has 1 fully saturated rings. The van der Waals surface area contributed by atoms with Gasteiger partial charge >= 0.3 is 0 Å². The molecule has 0 aromatic rings. The Labute approximate surface area is 57.1 Å². The molecule has 2 atom stereocenters. The Kier molecular flexibility index (Phi) is 2.12. The van der Waals surface area contributed by atoms with Crippen LogP contribution in [0.5, 0.6) is 0 Å². The van der Waals surface area contributed by atoms with Gasteiger partial charge in [0, 0.05) is 6.61 Å². The van der Waals surface area contributed by atoms with Crippen molar-refractivity contribution in [2.75, 3.05) is 6.61 Å². The number of rotatable bonds is 2. The molecule has 0 aromatic heterocycles. The van der Waals surface area contributed by atoms with Crippen LogP contribution >= 0.6 is 0 Å². The summed E-state index contributed by atoms with van der Waals surface area (Å²) < 4.78 is 0. The van der Waals surface area contributed by atoms with Gasteiger partial charge in [0.25, 0.3) is 0 Å². The maximum atomic E-state index is 8.81. The lowest BCUT2D eigenvalue weighted by Gasteiger charge is -2.38. The van der Waals surface area contributed by atoms with Crippen molar-refractivity contribution < 1.29 is 5.11 Å². The average Bonchev–Trinajstić information content (AvgIpc) is 1.61. The molecule has 1 rings (SSSR count). The minimum absolute atomic E-state index is 0.406. The van der Waals surface area contributed by atoms with Gasteiger partial charge in [-0.1, -0.05) is 13.8 Å². The van der Waals surface area contributed by atoms with Gasteiger partial charge in [-0.05, 0) is 30.6 Å². The summed E-state index contributed by atoms with van der Waals surface area (Å²) >= 11 is 0.